The van der Waals surface area contributed by atoms with Crippen LogP contribution in [0.5, 0.6) is 0 Å². The smallest absolute Gasteiger partial charge is 0.145 e. The topological polar surface area (TPSA) is 85.1 Å². The summed E-state index contributed by atoms with van der Waals surface area (Å²) in [5.74, 6) is 8.25. The minimum absolute atomic E-state index is 0.583. The zero-order chi connectivity index (χ0) is 14.8. The van der Waals surface area contributed by atoms with Crippen molar-refractivity contribution in [2.75, 3.05) is 30.5 Å². The van der Waals surface area contributed by atoms with Crippen molar-refractivity contribution in [3.05, 3.63) is 11.9 Å². The summed E-state index contributed by atoms with van der Waals surface area (Å²) >= 11 is 0. The fraction of sp³-hybridized carbons (Fsp3) is 0.714. The molecule has 0 spiro atoms. The maximum atomic E-state index is 5.54. The van der Waals surface area contributed by atoms with E-state index >= 15 is 0 Å². The number of nitrogens with one attached hydrogen (secondary N) is 2. The molecule has 0 saturated carbocycles. The molecule has 20 heavy (non-hydrogen) atoms. The molecule has 0 fully saturated rings. The molecular weight excluding hydrogens is 254 g/mol. The third-order valence-electron chi connectivity index (χ3n) is 2.62. The number of rotatable bonds is 10. The van der Waals surface area contributed by atoms with Crippen molar-refractivity contribution in [3.8, 4) is 0 Å². The van der Waals surface area contributed by atoms with Crippen LogP contribution in [0.15, 0.2) is 6.07 Å². The van der Waals surface area contributed by atoms with Gasteiger partial charge in [-0.05, 0) is 18.8 Å². The third kappa shape index (κ3) is 6.68. The van der Waals surface area contributed by atoms with Gasteiger partial charge in [0, 0.05) is 32.2 Å². The zero-order valence-corrected chi connectivity index (χ0v) is 12.8. The molecule has 1 heterocycles. The molecule has 0 aromatic carbocycles. The van der Waals surface area contributed by atoms with Crippen molar-refractivity contribution in [2.45, 2.75) is 40.0 Å². The summed E-state index contributed by atoms with van der Waals surface area (Å²) in [6.45, 7) is 8.80. The average molecular weight is 281 g/mol. The summed E-state index contributed by atoms with van der Waals surface area (Å²) in [4.78, 5) is 8.77. The Bertz CT molecular complexity index is 384. The van der Waals surface area contributed by atoms with Crippen LogP contribution in [0.4, 0.5) is 11.6 Å². The van der Waals surface area contributed by atoms with Gasteiger partial charge in [-0.25, -0.2) is 15.8 Å². The second kappa shape index (κ2) is 9.50. The lowest BCUT2D eigenvalue weighted by molar-refractivity contribution is 0.110. The fourth-order valence-corrected chi connectivity index (χ4v) is 1.71. The Labute approximate surface area is 121 Å². The quantitative estimate of drug-likeness (QED) is 0.346. The molecule has 0 aliphatic carbocycles. The Balaban J connectivity index is 2.36. The first kappa shape index (κ1) is 16.7. The number of nitrogen functional groups attached to an aromatic ring is 1. The Morgan fingerprint density at radius 3 is 2.70 bits per heavy atom. The summed E-state index contributed by atoms with van der Waals surface area (Å²) in [7, 11) is 0. The van der Waals surface area contributed by atoms with Crippen LogP contribution in [-0.4, -0.2) is 29.7 Å². The summed E-state index contributed by atoms with van der Waals surface area (Å²) in [6, 6.07) is 1.81. The minimum atomic E-state index is 0.583. The zero-order valence-electron chi connectivity index (χ0n) is 12.8. The third-order valence-corrected chi connectivity index (χ3v) is 2.62. The lowest BCUT2D eigenvalue weighted by atomic mass is 10.2. The van der Waals surface area contributed by atoms with Crippen LogP contribution in [0.3, 0.4) is 0 Å². The van der Waals surface area contributed by atoms with Crippen molar-refractivity contribution in [3.63, 3.8) is 0 Å². The molecular formula is C14H27N5O. The van der Waals surface area contributed by atoms with E-state index in [0.717, 1.165) is 50.7 Å². The lowest BCUT2D eigenvalue weighted by Crippen LogP contribution is -2.13. The number of anilines is 2. The van der Waals surface area contributed by atoms with E-state index in [1.807, 2.05) is 6.07 Å². The number of nitrogens with zero attached hydrogens (tertiary/aromatic N) is 2. The van der Waals surface area contributed by atoms with Gasteiger partial charge in [-0.1, -0.05) is 20.8 Å². The summed E-state index contributed by atoms with van der Waals surface area (Å²) in [6.07, 6.45) is 2.81. The van der Waals surface area contributed by atoms with Gasteiger partial charge in [0.05, 0.1) is 0 Å². The normalized spacial score (nSPS) is 10.8. The number of aromatic nitrogens is 2. The van der Waals surface area contributed by atoms with Gasteiger partial charge >= 0.3 is 0 Å². The Hall–Kier alpha value is -1.40. The summed E-state index contributed by atoms with van der Waals surface area (Å²) in [5, 5.41) is 3.28. The largest absolute Gasteiger partial charge is 0.381 e. The molecule has 1 rings (SSSR count). The first-order valence-electron chi connectivity index (χ1n) is 7.31. The van der Waals surface area contributed by atoms with E-state index < -0.39 is 0 Å². The van der Waals surface area contributed by atoms with Gasteiger partial charge in [-0.3, -0.25) is 0 Å². The fourth-order valence-electron chi connectivity index (χ4n) is 1.71. The SMILES string of the molecule is CCCc1nc(NN)cc(NCCCOCC(C)C)n1. The van der Waals surface area contributed by atoms with Crippen molar-refractivity contribution < 1.29 is 4.74 Å². The molecule has 1 aromatic heterocycles. The number of nitrogens with two attached hydrogens (primary N) is 1. The second-order valence-corrected chi connectivity index (χ2v) is 5.20. The maximum absolute atomic E-state index is 5.54. The van der Waals surface area contributed by atoms with Crippen molar-refractivity contribution >= 4 is 11.6 Å². The molecule has 0 bridgehead atoms. The first-order chi connectivity index (χ1) is 9.65. The van der Waals surface area contributed by atoms with Crippen LogP contribution < -0.4 is 16.6 Å². The average Bonchev–Trinajstić information content (AvgIpc) is 2.42. The van der Waals surface area contributed by atoms with E-state index in [2.05, 4.69) is 41.5 Å². The highest BCUT2D eigenvalue weighted by Crippen LogP contribution is 2.11. The predicted octanol–water partition coefficient (Wildman–Crippen LogP) is 2.19. The Morgan fingerprint density at radius 2 is 2.05 bits per heavy atom. The highest BCUT2D eigenvalue weighted by Gasteiger charge is 2.03. The lowest BCUT2D eigenvalue weighted by Gasteiger charge is -2.10. The molecule has 1 aromatic rings. The molecule has 0 unspecified atom stereocenters. The number of hydrogen-bond donors (Lipinski definition) is 3. The van der Waals surface area contributed by atoms with Crippen molar-refractivity contribution in [1.82, 2.24) is 9.97 Å². The van der Waals surface area contributed by atoms with Gasteiger partial charge in [0.1, 0.15) is 17.5 Å². The van der Waals surface area contributed by atoms with E-state index in [1.165, 1.54) is 0 Å². The number of hydrogen-bond acceptors (Lipinski definition) is 6. The van der Waals surface area contributed by atoms with Crippen LogP contribution in [0.25, 0.3) is 0 Å². The van der Waals surface area contributed by atoms with Crippen molar-refractivity contribution in [1.29, 1.82) is 0 Å². The molecule has 4 N–H and O–H groups in total. The van der Waals surface area contributed by atoms with Gasteiger partial charge in [0.2, 0.25) is 0 Å². The van der Waals surface area contributed by atoms with Crippen LogP contribution in [0, 0.1) is 5.92 Å². The highest BCUT2D eigenvalue weighted by atomic mass is 16.5. The van der Waals surface area contributed by atoms with E-state index in [0.29, 0.717) is 11.7 Å². The number of ether oxygens (including phenoxy) is 1. The van der Waals surface area contributed by atoms with E-state index in [1.54, 1.807) is 0 Å². The molecule has 0 aliphatic rings. The van der Waals surface area contributed by atoms with Gasteiger partial charge in [0.15, 0.2) is 0 Å². The van der Waals surface area contributed by atoms with E-state index in [9.17, 15) is 0 Å². The van der Waals surface area contributed by atoms with E-state index in [-0.39, 0.29) is 0 Å². The van der Waals surface area contributed by atoms with Gasteiger partial charge < -0.3 is 15.5 Å². The van der Waals surface area contributed by atoms with Crippen LogP contribution in [-0.2, 0) is 11.2 Å². The Kier molecular flexibility index (Phi) is 7.91. The molecule has 0 aliphatic heterocycles. The minimum Gasteiger partial charge on any atom is -0.381 e. The summed E-state index contributed by atoms with van der Waals surface area (Å²) < 4.78 is 5.54. The van der Waals surface area contributed by atoms with Gasteiger partial charge in [-0.2, -0.15) is 0 Å². The molecule has 6 heteroatoms. The van der Waals surface area contributed by atoms with Crippen molar-refractivity contribution in [2.24, 2.45) is 11.8 Å². The van der Waals surface area contributed by atoms with E-state index in [4.69, 9.17) is 10.6 Å². The maximum Gasteiger partial charge on any atom is 0.145 e. The standard InChI is InChI=1S/C14H27N5O/c1-4-6-12-17-13(9-14(18-12)19-15)16-7-5-8-20-10-11(2)3/h9,11H,4-8,10,15H2,1-3H3,(H2,16,17,18,19). The van der Waals surface area contributed by atoms with Crippen LogP contribution in [0.2, 0.25) is 0 Å². The number of aryl methyl sites for hydroxylation is 1. The monoisotopic (exact) mass is 281 g/mol. The first-order valence-corrected chi connectivity index (χ1v) is 7.31. The molecule has 6 nitrogen and oxygen atoms in total. The molecule has 0 atom stereocenters. The second-order valence-electron chi connectivity index (χ2n) is 5.20. The molecule has 0 saturated heterocycles. The highest BCUT2D eigenvalue weighted by molar-refractivity contribution is 5.46. The molecule has 114 valence electrons. The predicted molar refractivity (Wildman–Crippen MR) is 82.6 cm³/mol. The van der Waals surface area contributed by atoms with Gasteiger partial charge in [0.25, 0.3) is 0 Å². The van der Waals surface area contributed by atoms with Crippen LogP contribution >= 0.6 is 0 Å². The molecule has 0 amide bonds. The van der Waals surface area contributed by atoms with Crippen LogP contribution in [0.1, 0.15) is 39.4 Å². The number of hydrazine groups is 1. The Morgan fingerprint density at radius 1 is 1.30 bits per heavy atom. The van der Waals surface area contributed by atoms with Gasteiger partial charge in [-0.15, -0.1) is 0 Å². The molecule has 0 radical (unpaired) electrons. The summed E-state index contributed by atoms with van der Waals surface area (Å²) in [5.41, 5.74) is 2.57.